The lowest BCUT2D eigenvalue weighted by Gasteiger charge is -2.12. The topological polar surface area (TPSA) is 24.9 Å². The van der Waals surface area contributed by atoms with Crippen molar-refractivity contribution in [3.63, 3.8) is 0 Å². The predicted octanol–water partition coefficient (Wildman–Crippen LogP) is 3.47. The minimum Gasteiger partial charge on any atom is -0.309 e. The van der Waals surface area contributed by atoms with Crippen LogP contribution in [0, 0.1) is 0 Å². The SMILES string of the molecule is CCSCCC(C)NCc1cccc(Br)n1. The number of aromatic nitrogens is 1. The minimum atomic E-state index is 0.555. The molecule has 1 aromatic heterocycles. The fourth-order valence-corrected chi connectivity index (χ4v) is 2.52. The van der Waals surface area contributed by atoms with E-state index in [0.717, 1.165) is 16.8 Å². The Bertz CT molecular complexity index is 307. The molecule has 0 aliphatic carbocycles. The molecule has 4 heteroatoms. The molecule has 2 nitrogen and oxygen atoms in total. The van der Waals surface area contributed by atoms with Crippen LogP contribution in [-0.2, 0) is 6.54 Å². The van der Waals surface area contributed by atoms with E-state index in [2.05, 4.69) is 40.1 Å². The summed E-state index contributed by atoms with van der Waals surface area (Å²) in [5.74, 6) is 2.44. The van der Waals surface area contributed by atoms with Crippen molar-refractivity contribution in [3.8, 4) is 0 Å². The van der Waals surface area contributed by atoms with Gasteiger partial charge in [-0.2, -0.15) is 11.8 Å². The van der Waals surface area contributed by atoms with Gasteiger partial charge in [0.15, 0.2) is 0 Å². The molecule has 16 heavy (non-hydrogen) atoms. The van der Waals surface area contributed by atoms with Crippen LogP contribution in [-0.4, -0.2) is 22.5 Å². The van der Waals surface area contributed by atoms with E-state index in [1.807, 2.05) is 30.0 Å². The molecule has 0 amide bonds. The molecule has 1 aromatic rings. The number of nitrogens with one attached hydrogen (secondary N) is 1. The van der Waals surface area contributed by atoms with E-state index in [-0.39, 0.29) is 0 Å². The summed E-state index contributed by atoms with van der Waals surface area (Å²) >= 11 is 5.38. The van der Waals surface area contributed by atoms with Crippen molar-refractivity contribution in [2.75, 3.05) is 11.5 Å². The van der Waals surface area contributed by atoms with Gasteiger partial charge in [-0.3, -0.25) is 0 Å². The molecule has 1 heterocycles. The van der Waals surface area contributed by atoms with Gasteiger partial charge in [-0.25, -0.2) is 4.98 Å². The summed E-state index contributed by atoms with van der Waals surface area (Å²) in [6.07, 6.45) is 1.21. The summed E-state index contributed by atoms with van der Waals surface area (Å²) in [7, 11) is 0. The van der Waals surface area contributed by atoms with E-state index in [0.29, 0.717) is 6.04 Å². The second-order valence-electron chi connectivity index (χ2n) is 3.72. The molecule has 0 saturated heterocycles. The number of rotatable bonds is 7. The largest absolute Gasteiger partial charge is 0.309 e. The summed E-state index contributed by atoms with van der Waals surface area (Å²) in [6, 6.07) is 6.57. The summed E-state index contributed by atoms with van der Waals surface area (Å²) in [5, 5.41) is 3.49. The van der Waals surface area contributed by atoms with Crippen LogP contribution in [0.1, 0.15) is 26.0 Å². The summed E-state index contributed by atoms with van der Waals surface area (Å²) in [4.78, 5) is 4.39. The molecule has 0 aromatic carbocycles. The molecule has 1 N–H and O–H groups in total. The maximum Gasteiger partial charge on any atom is 0.106 e. The van der Waals surface area contributed by atoms with E-state index in [9.17, 15) is 0 Å². The van der Waals surface area contributed by atoms with Gasteiger partial charge in [-0.05, 0) is 52.9 Å². The van der Waals surface area contributed by atoms with Gasteiger partial charge in [0.2, 0.25) is 0 Å². The van der Waals surface area contributed by atoms with E-state index in [1.165, 1.54) is 17.9 Å². The van der Waals surface area contributed by atoms with Crippen molar-refractivity contribution in [2.24, 2.45) is 0 Å². The van der Waals surface area contributed by atoms with E-state index in [1.54, 1.807) is 0 Å². The molecule has 1 rings (SSSR count). The molecule has 1 atom stereocenters. The van der Waals surface area contributed by atoms with Gasteiger partial charge in [0.25, 0.3) is 0 Å². The smallest absolute Gasteiger partial charge is 0.106 e. The summed E-state index contributed by atoms with van der Waals surface area (Å²) < 4.78 is 0.904. The van der Waals surface area contributed by atoms with Crippen molar-refractivity contribution in [1.82, 2.24) is 10.3 Å². The fourth-order valence-electron chi connectivity index (χ4n) is 1.33. The van der Waals surface area contributed by atoms with Crippen LogP contribution in [0.3, 0.4) is 0 Å². The zero-order valence-corrected chi connectivity index (χ0v) is 12.3. The molecule has 90 valence electrons. The summed E-state index contributed by atoms with van der Waals surface area (Å²) in [6.45, 7) is 5.28. The zero-order valence-electron chi connectivity index (χ0n) is 9.87. The molecule has 1 unspecified atom stereocenters. The van der Waals surface area contributed by atoms with Crippen LogP contribution < -0.4 is 5.32 Å². The first-order valence-corrected chi connectivity index (χ1v) is 7.59. The van der Waals surface area contributed by atoms with Crippen LogP contribution in [0.4, 0.5) is 0 Å². The lowest BCUT2D eigenvalue weighted by atomic mass is 10.2. The quantitative estimate of drug-likeness (QED) is 0.617. The third-order valence-corrected chi connectivity index (χ3v) is 3.68. The Morgan fingerprint density at radius 2 is 2.31 bits per heavy atom. The second-order valence-corrected chi connectivity index (χ2v) is 5.93. The van der Waals surface area contributed by atoms with Crippen LogP contribution in [0.5, 0.6) is 0 Å². The molecule has 0 aliphatic rings. The third kappa shape index (κ3) is 5.87. The van der Waals surface area contributed by atoms with Gasteiger partial charge in [-0.15, -0.1) is 0 Å². The Labute approximate surface area is 111 Å². The van der Waals surface area contributed by atoms with E-state index < -0.39 is 0 Å². The van der Waals surface area contributed by atoms with Crippen LogP contribution >= 0.6 is 27.7 Å². The molecule has 0 aliphatic heterocycles. The van der Waals surface area contributed by atoms with Gasteiger partial charge >= 0.3 is 0 Å². The van der Waals surface area contributed by atoms with Gasteiger partial charge in [-0.1, -0.05) is 13.0 Å². The van der Waals surface area contributed by atoms with Gasteiger partial charge < -0.3 is 5.32 Å². The first-order valence-electron chi connectivity index (χ1n) is 5.65. The minimum absolute atomic E-state index is 0.555. The molecule has 0 saturated carbocycles. The second kappa shape index (κ2) is 8.09. The Hall–Kier alpha value is -0.0600. The van der Waals surface area contributed by atoms with E-state index >= 15 is 0 Å². The van der Waals surface area contributed by atoms with E-state index in [4.69, 9.17) is 0 Å². The zero-order chi connectivity index (χ0) is 11.8. The Kier molecular flexibility index (Phi) is 7.08. The predicted molar refractivity (Wildman–Crippen MR) is 75.9 cm³/mol. The third-order valence-electron chi connectivity index (χ3n) is 2.30. The average molecular weight is 303 g/mol. The van der Waals surface area contributed by atoms with Crippen molar-refractivity contribution in [1.29, 1.82) is 0 Å². The fraction of sp³-hybridized carbons (Fsp3) is 0.583. The number of thioether (sulfide) groups is 1. The lowest BCUT2D eigenvalue weighted by molar-refractivity contribution is 0.532. The standard InChI is InChI=1S/C12H19BrN2S/c1-3-16-8-7-10(2)14-9-11-5-4-6-12(13)15-11/h4-6,10,14H,3,7-9H2,1-2H3. The van der Waals surface area contributed by atoms with Crippen LogP contribution in [0.15, 0.2) is 22.8 Å². The molecule has 0 radical (unpaired) electrons. The van der Waals surface area contributed by atoms with Crippen molar-refractivity contribution in [3.05, 3.63) is 28.5 Å². The molecular formula is C12H19BrN2S. The lowest BCUT2D eigenvalue weighted by Crippen LogP contribution is -2.26. The molecular weight excluding hydrogens is 284 g/mol. The Morgan fingerprint density at radius 1 is 1.50 bits per heavy atom. The number of halogens is 1. The highest BCUT2D eigenvalue weighted by atomic mass is 79.9. The molecule has 0 spiro atoms. The Morgan fingerprint density at radius 3 is 3.00 bits per heavy atom. The normalized spacial score (nSPS) is 12.7. The first kappa shape index (κ1) is 14.0. The van der Waals surface area contributed by atoms with Crippen LogP contribution in [0.25, 0.3) is 0 Å². The number of hydrogen-bond donors (Lipinski definition) is 1. The van der Waals surface area contributed by atoms with Crippen molar-refractivity contribution < 1.29 is 0 Å². The molecule has 0 bridgehead atoms. The number of nitrogens with zero attached hydrogens (tertiary/aromatic N) is 1. The highest BCUT2D eigenvalue weighted by Gasteiger charge is 2.02. The maximum absolute atomic E-state index is 4.39. The van der Waals surface area contributed by atoms with Crippen molar-refractivity contribution >= 4 is 27.7 Å². The summed E-state index contributed by atoms with van der Waals surface area (Å²) in [5.41, 5.74) is 1.09. The monoisotopic (exact) mass is 302 g/mol. The first-order chi connectivity index (χ1) is 7.72. The van der Waals surface area contributed by atoms with Crippen molar-refractivity contribution in [2.45, 2.75) is 32.9 Å². The number of pyridine rings is 1. The van der Waals surface area contributed by atoms with Crippen LogP contribution in [0.2, 0.25) is 0 Å². The van der Waals surface area contributed by atoms with Gasteiger partial charge in [0.05, 0.1) is 5.69 Å². The highest BCUT2D eigenvalue weighted by molar-refractivity contribution is 9.10. The number of hydrogen-bond acceptors (Lipinski definition) is 3. The Balaban J connectivity index is 2.23. The van der Waals surface area contributed by atoms with Gasteiger partial charge in [0, 0.05) is 12.6 Å². The van der Waals surface area contributed by atoms with Gasteiger partial charge in [0.1, 0.15) is 4.60 Å². The molecule has 0 fully saturated rings. The maximum atomic E-state index is 4.39. The average Bonchev–Trinajstić information content (AvgIpc) is 2.27. The highest BCUT2D eigenvalue weighted by Crippen LogP contribution is 2.07.